The van der Waals surface area contributed by atoms with E-state index in [9.17, 15) is 4.79 Å². The van der Waals surface area contributed by atoms with Gasteiger partial charge in [-0.3, -0.25) is 4.79 Å². The first kappa shape index (κ1) is 19.7. The topological polar surface area (TPSA) is 127 Å². The summed E-state index contributed by atoms with van der Waals surface area (Å²) in [5.74, 6) is 1.22. The molecule has 2 aliphatic rings. The SMILES string of the molecule is COc1cnc2cc(-c3[nH]c4cc(N[C@H](C(N)=O)C5CC5)cc5c4c3NCCO5)ccc2n1. The zero-order chi connectivity index (χ0) is 22.5. The number of anilines is 2. The first-order valence-corrected chi connectivity index (χ1v) is 11.0. The van der Waals surface area contributed by atoms with Gasteiger partial charge in [0.25, 0.3) is 0 Å². The average Bonchev–Trinajstić information content (AvgIpc) is 3.62. The van der Waals surface area contributed by atoms with Crippen molar-refractivity contribution in [2.45, 2.75) is 18.9 Å². The summed E-state index contributed by atoms with van der Waals surface area (Å²) >= 11 is 0. The van der Waals surface area contributed by atoms with Gasteiger partial charge in [-0.2, -0.15) is 0 Å². The lowest BCUT2D eigenvalue weighted by Gasteiger charge is -2.17. The van der Waals surface area contributed by atoms with Crippen LogP contribution in [0.4, 0.5) is 11.4 Å². The van der Waals surface area contributed by atoms with Gasteiger partial charge in [-0.1, -0.05) is 6.07 Å². The molecule has 0 spiro atoms. The molecule has 1 aliphatic carbocycles. The Morgan fingerprint density at radius 1 is 1.27 bits per heavy atom. The van der Waals surface area contributed by atoms with Gasteiger partial charge in [0.15, 0.2) is 0 Å². The highest BCUT2D eigenvalue weighted by Gasteiger charge is 2.35. The van der Waals surface area contributed by atoms with Crippen LogP contribution in [0.15, 0.2) is 36.5 Å². The van der Waals surface area contributed by atoms with Crippen LogP contribution in [0, 0.1) is 5.92 Å². The van der Waals surface area contributed by atoms with Gasteiger partial charge in [0, 0.05) is 23.9 Å². The largest absolute Gasteiger partial charge is 0.491 e. The predicted molar refractivity (Wildman–Crippen MR) is 127 cm³/mol. The van der Waals surface area contributed by atoms with E-state index < -0.39 is 0 Å². The van der Waals surface area contributed by atoms with Crippen molar-refractivity contribution in [3.05, 3.63) is 36.5 Å². The molecule has 1 saturated carbocycles. The second-order valence-corrected chi connectivity index (χ2v) is 8.52. The first-order chi connectivity index (χ1) is 16.1. The number of carbonyl (C=O) groups is 1. The lowest BCUT2D eigenvalue weighted by Crippen LogP contribution is -2.37. The van der Waals surface area contributed by atoms with E-state index in [1.165, 1.54) is 0 Å². The van der Waals surface area contributed by atoms with Crippen LogP contribution in [0.25, 0.3) is 33.2 Å². The van der Waals surface area contributed by atoms with E-state index in [2.05, 4.69) is 25.6 Å². The number of carbonyl (C=O) groups excluding carboxylic acids is 1. The number of primary amides is 1. The summed E-state index contributed by atoms with van der Waals surface area (Å²) in [7, 11) is 1.58. The van der Waals surface area contributed by atoms with Crippen molar-refractivity contribution in [2.75, 3.05) is 30.9 Å². The first-order valence-electron chi connectivity index (χ1n) is 11.0. The number of amides is 1. The molecule has 0 bridgehead atoms. The Kier molecular flexibility index (Phi) is 4.49. The summed E-state index contributed by atoms with van der Waals surface area (Å²) in [6.45, 7) is 1.21. The molecule has 33 heavy (non-hydrogen) atoms. The highest BCUT2D eigenvalue weighted by atomic mass is 16.5. The van der Waals surface area contributed by atoms with Gasteiger partial charge >= 0.3 is 0 Å². The molecule has 9 heteroatoms. The lowest BCUT2D eigenvalue weighted by molar-refractivity contribution is -0.119. The molecule has 0 radical (unpaired) electrons. The van der Waals surface area contributed by atoms with Crippen LogP contribution in [0.5, 0.6) is 11.6 Å². The van der Waals surface area contributed by atoms with Gasteiger partial charge in [-0.25, -0.2) is 9.97 Å². The van der Waals surface area contributed by atoms with Crippen LogP contribution in [-0.2, 0) is 4.79 Å². The normalized spacial score (nSPS) is 16.0. The van der Waals surface area contributed by atoms with Crippen LogP contribution in [0.1, 0.15) is 12.8 Å². The Balaban J connectivity index is 1.45. The molecular weight excluding hydrogens is 420 g/mol. The summed E-state index contributed by atoms with van der Waals surface area (Å²) in [6.07, 6.45) is 3.65. The van der Waals surface area contributed by atoms with Crippen LogP contribution >= 0.6 is 0 Å². The van der Waals surface area contributed by atoms with Gasteiger partial charge in [0.2, 0.25) is 11.8 Å². The van der Waals surface area contributed by atoms with Gasteiger partial charge in [0.1, 0.15) is 18.4 Å². The van der Waals surface area contributed by atoms with Crippen molar-refractivity contribution in [3.8, 4) is 22.9 Å². The number of fused-ring (bicyclic) bond motifs is 1. The lowest BCUT2D eigenvalue weighted by atomic mass is 10.1. The Morgan fingerprint density at radius 3 is 2.94 bits per heavy atom. The summed E-state index contributed by atoms with van der Waals surface area (Å²) in [5, 5.41) is 7.82. The minimum absolute atomic E-state index is 0.298. The van der Waals surface area contributed by atoms with E-state index in [4.69, 9.17) is 15.2 Å². The number of aromatic amines is 1. The third-order valence-electron chi connectivity index (χ3n) is 6.26. The fraction of sp³-hybridized carbons (Fsp3) is 0.292. The number of nitrogens with zero attached hydrogens (tertiary/aromatic N) is 2. The minimum atomic E-state index is -0.372. The van der Waals surface area contributed by atoms with Crippen molar-refractivity contribution in [2.24, 2.45) is 11.7 Å². The summed E-state index contributed by atoms with van der Waals surface area (Å²) in [4.78, 5) is 24.4. The molecule has 0 saturated heterocycles. The molecule has 1 amide bonds. The maximum absolute atomic E-state index is 12.0. The summed E-state index contributed by atoms with van der Waals surface area (Å²) in [6, 6.07) is 9.54. The van der Waals surface area contributed by atoms with Crippen molar-refractivity contribution in [1.82, 2.24) is 15.0 Å². The second-order valence-electron chi connectivity index (χ2n) is 8.52. The zero-order valence-electron chi connectivity index (χ0n) is 18.1. The molecule has 168 valence electrons. The molecule has 2 aromatic heterocycles. The number of hydrogen-bond acceptors (Lipinski definition) is 7. The number of H-pyrrole nitrogens is 1. The number of rotatable bonds is 6. The number of ether oxygens (including phenoxy) is 2. The zero-order valence-corrected chi connectivity index (χ0v) is 18.1. The minimum Gasteiger partial charge on any atom is -0.491 e. The van der Waals surface area contributed by atoms with Crippen molar-refractivity contribution in [1.29, 1.82) is 0 Å². The molecule has 1 aliphatic heterocycles. The van der Waals surface area contributed by atoms with Crippen LogP contribution in [-0.4, -0.2) is 47.2 Å². The molecule has 4 aromatic rings. The Labute approximate surface area is 189 Å². The molecule has 2 aromatic carbocycles. The van der Waals surface area contributed by atoms with E-state index in [1.54, 1.807) is 13.3 Å². The third-order valence-corrected chi connectivity index (χ3v) is 6.26. The summed E-state index contributed by atoms with van der Waals surface area (Å²) in [5.41, 5.74) is 11.8. The Bertz CT molecular complexity index is 1390. The van der Waals surface area contributed by atoms with Gasteiger partial charge in [-0.05, 0) is 37.0 Å². The highest BCUT2D eigenvalue weighted by Crippen LogP contribution is 2.44. The smallest absolute Gasteiger partial charge is 0.240 e. The number of benzene rings is 2. The molecule has 5 N–H and O–H groups in total. The predicted octanol–water partition coefficient (Wildman–Crippen LogP) is 3.27. The molecule has 6 rings (SSSR count). The number of aromatic nitrogens is 3. The third kappa shape index (κ3) is 3.45. The van der Waals surface area contributed by atoms with Gasteiger partial charge in [-0.15, -0.1) is 0 Å². The maximum atomic E-state index is 12.0. The van der Waals surface area contributed by atoms with Crippen molar-refractivity contribution < 1.29 is 14.3 Å². The fourth-order valence-electron chi connectivity index (χ4n) is 4.50. The molecule has 9 nitrogen and oxygen atoms in total. The van der Waals surface area contributed by atoms with Gasteiger partial charge < -0.3 is 30.8 Å². The monoisotopic (exact) mass is 444 g/mol. The fourth-order valence-corrected chi connectivity index (χ4v) is 4.50. The quantitative estimate of drug-likeness (QED) is 0.359. The molecule has 1 atom stereocenters. The van der Waals surface area contributed by atoms with E-state index in [0.29, 0.717) is 24.9 Å². The standard InChI is InChI=1S/C24H24N6O3/c1-32-19-11-27-16-8-13(4-5-15(16)29-19)21-23-20-17(30-21)9-14(10-18(20)33-7-6-26-23)28-22(24(25)31)12-2-3-12/h4-5,8-12,22,26,28,30H,2-3,6-7H2,1H3,(H2,25,31)/t22-/m0/s1. The Morgan fingerprint density at radius 2 is 2.15 bits per heavy atom. The molecule has 0 unspecified atom stereocenters. The van der Waals surface area contributed by atoms with E-state index in [0.717, 1.165) is 63.2 Å². The highest BCUT2D eigenvalue weighted by molar-refractivity contribution is 6.07. The van der Waals surface area contributed by atoms with Crippen molar-refractivity contribution in [3.63, 3.8) is 0 Å². The van der Waals surface area contributed by atoms with E-state index in [-0.39, 0.29) is 11.9 Å². The van der Waals surface area contributed by atoms with Crippen LogP contribution in [0.2, 0.25) is 0 Å². The molecule has 1 fully saturated rings. The number of methoxy groups -OCH3 is 1. The van der Waals surface area contributed by atoms with Gasteiger partial charge in [0.05, 0.1) is 46.6 Å². The number of hydrogen-bond donors (Lipinski definition) is 4. The van der Waals surface area contributed by atoms with E-state index in [1.807, 2.05) is 30.3 Å². The number of nitrogens with two attached hydrogens (primary N) is 1. The molecular formula is C24H24N6O3. The Hall–Kier alpha value is -4.01. The average molecular weight is 444 g/mol. The summed E-state index contributed by atoms with van der Waals surface area (Å²) < 4.78 is 11.2. The van der Waals surface area contributed by atoms with Crippen LogP contribution < -0.4 is 25.8 Å². The van der Waals surface area contributed by atoms with Crippen molar-refractivity contribution >= 4 is 39.2 Å². The van der Waals surface area contributed by atoms with Crippen LogP contribution in [0.3, 0.4) is 0 Å². The maximum Gasteiger partial charge on any atom is 0.240 e. The number of nitrogens with one attached hydrogen (secondary N) is 3. The molecule has 3 heterocycles. The second kappa shape index (κ2) is 7.54. The van der Waals surface area contributed by atoms with E-state index >= 15 is 0 Å².